The minimum atomic E-state index is -5.14. The molecule has 2 aromatic rings. The predicted molar refractivity (Wildman–Crippen MR) is 110 cm³/mol. The molecule has 31 heavy (non-hydrogen) atoms. The van der Waals surface area contributed by atoms with E-state index in [0.29, 0.717) is 15.5 Å². The Bertz CT molecular complexity index is 885. The third-order valence-corrected chi connectivity index (χ3v) is 5.55. The highest BCUT2D eigenvalue weighted by Gasteiger charge is 2.46. The van der Waals surface area contributed by atoms with E-state index in [1.807, 2.05) is 0 Å². The van der Waals surface area contributed by atoms with Gasteiger partial charge in [-0.05, 0) is 48.2 Å². The highest BCUT2D eigenvalue weighted by molar-refractivity contribution is 6.30. The number of halogens is 4. The molecule has 2 amide bonds. The van der Waals surface area contributed by atoms with Gasteiger partial charge in [0.15, 0.2) is 0 Å². The lowest BCUT2D eigenvalue weighted by Crippen LogP contribution is -2.50. The van der Waals surface area contributed by atoms with Crippen LogP contribution in [0.4, 0.5) is 13.2 Å². The summed E-state index contributed by atoms with van der Waals surface area (Å²) in [6.45, 7) is -0.402. The van der Waals surface area contributed by atoms with Crippen molar-refractivity contribution in [3.05, 3.63) is 64.9 Å². The molecule has 0 unspecified atom stereocenters. The van der Waals surface area contributed by atoms with Gasteiger partial charge in [0.2, 0.25) is 5.91 Å². The average molecular weight is 454 g/mol. The van der Waals surface area contributed by atoms with Crippen molar-refractivity contribution in [1.29, 1.82) is 0 Å². The first-order chi connectivity index (χ1) is 14.8. The van der Waals surface area contributed by atoms with Gasteiger partial charge in [-0.25, -0.2) is 0 Å². The Labute approximate surface area is 183 Å². The smallest absolute Gasteiger partial charge is 0.351 e. The van der Waals surface area contributed by atoms with Crippen LogP contribution >= 0.6 is 11.6 Å². The molecule has 0 radical (unpaired) electrons. The summed E-state index contributed by atoms with van der Waals surface area (Å²) in [7, 11) is 0. The molecule has 0 saturated heterocycles. The minimum Gasteiger partial charge on any atom is -0.351 e. The molecule has 5 nitrogen and oxygen atoms in total. The topological polar surface area (TPSA) is 62.3 Å². The summed E-state index contributed by atoms with van der Waals surface area (Å²) < 4.78 is 40.5. The van der Waals surface area contributed by atoms with Gasteiger partial charge in [-0.1, -0.05) is 43.0 Å². The quantitative estimate of drug-likeness (QED) is 0.682. The number of alkyl halides is 3. The molecule has 1 aromatic heterocycles. The Morgan fingerprint density at radius 2 is 1.68 bits per heavy atom. The van der Waals surface area contributed by atoms with Crippen LogP contribution in [0, 0.1) is 0 Å². The molecule has 1 atom stereocenters. The van der Waals surface area contributed by atoms with Crippen LogP contribution in [0.2, 0.25) is 5.02 Å². The van der Waals surface area contributed by atoms with E-state index < -0.39 is 30.6 Å². The highest BCUT2D eigenvalue weighted by Crippen LogP contribution is 2.30. The number of rotatable bonds is 6. The SMILES string of the molecule is O=C(NC1CCCCC1)[C@@H](c1ccncc1)N(Cc1ccc(Cl)cc1)C(=O)C(F)(F)F. The fourth-order valence-corrected chi connectivity index (χ4v) is 3.90. The zero-order valence-corrected chi connectivity index (χ0v) is 17.5. The molecule has 0 aliphatic heterocycles. The molecule has 9 heteroatoms. The van der Waals surface area contributed by atoms with E-state index >= 15 is 0 Å². The van der Waals surface area contributed by atoms with Crippen molar-refractivity contribution in [2.45, 2.75) is 56.9 Å². The number of carbonyl (C=O) groups is 2. The van der Waals surface area contributed by atoms with Crippen LogP contribution in [0.5, 0.6) is 0 Å². The maximum absolute atomic E-state index is 13.5. The van der Waals surface area contributed by atoms with E-state index in [0.717, 1.165) is 32.1 Å². The standard InChI is InChI=1S/C22H23ClF3N3O2/c23-17-8-6-15(7-9-17)14-29(21(31)22(24,25)26)19(16-10-12-27-13-11-16)20(30)28-18-4-2-1-3-5-18/h6-13,18-19H,1-5,14H2,(H,28,30)/t19-/m1/s1. The first-order valence-corrected chi connectivity index (χ1v) is 10.5. The number of pyridine rings is 1. The summed E-state index contributed by atoms with van der Waals surface area (Å²) in [4.78, 5) is 30.1. The molecule has 1 aliphatic rings. The lowest BCUT2D eigenvalue weighted by atomic mass is 9.94. The third-order valence-electron chi connectivity index (χ3n) is 5.30. The Kier molecular flexibility index (Phi) is 7.54. The number of aromatic nitrogens is 1. The minimum absolute atomic E-state index is 0.121. The third kappa shape index (κ3) is 6.19. The Balaban J connectivity index is 1.97. The lowest BCUT2D eigenvalue weighted by Gasteiger charge is -2.33. The Hall–Kier alpha value is -2.61. The fraction of sp³-hybridized carbons (Fsp3) is 0.409. The van der Waals surface area contributed by atoms with E-state index in [1.54, 1.807) is 0 Å². The molecule has 0 bridgehead atoms. The second kappa shape index (κ2) is 10.1. The Morgan fingerprint density at radius 3 is 2.26 bits per heavy atom. The second-order valence-electron chi connectivity index (χ2n) is 7.58. The van der Waals surface area contributed by atoms with Gasteiger partial charge in [0.05, 0.1) is 0 Å². The van der Waals surface area contributed by atoms with Crippen molar-refractivity contribution in [3.8, 4) is 0 Å². The van der Waals surface area contributed by atoms with Crippen LogP contribution in [0.25, 0.3) is 0 Å². The number of nitrogens with zero attached hydrogens (tertiary/aromatic N) is 2. The zero-order valence-electron chi connectivity index (χ0n) is 16.7. The van der Waals surface area contributed by atoms with Crippen LogP contribution in [0.15, 0.2) is 48.8 Å². The molecule has 1 aromatic carbocycles. The van der Waals surface area contributed by atoms with Crippen molar-refractivity contribution >= 4 is 23.4 Å². The molecule has 0 spiro atoms. The van der Waals surface area contributed by atoms with Crippen LogP contribution in [0.1, 0.15) is 49.3 Å². The highest BCUT2D eigenvalue weighted by atomic mass is 35.5. The van der Waals surface area contributed by atoms with Gasteiger partial charge < -0.3 is 10.2 Å². The van der Waals surface area contributed by atoms with Gasteiger partial charge in [-0.15, -0.1) is 0 Å². The summed E-state index contributed by atoms with van der Waals surface area (Å²) in [5.74, 6) is -2.72. The van der Waals surface area contributed by atoms with Gasteiger partial charge in [-0.2, -0.15) is 13.2 Å². The number of hydrogen-bond donors (Lipinski definition) is 1. The van der Waals surface area contributed by atoms with Gasteiger partial charge in [0.25, 0.3) is 0 Å². The van der Waals surface area contributed by atoms with Crippen molar-refractivity contribution in [3.63, 3.8) is 0 Å². The number of amides is 2. The van der Waals surface area contributed by atoms with Gasteiger partial charge in [0.1, 0.15) is 6.04 Å². The monoisotopic (exact) mass is 453 g/mol. The average Bonchev–Trinajstić information content (AvgIpc) is 2.75. The van der Waals surface area contributed by atoms with Crippen molar-refractivity contribution in [2.24, 2.45) is 0 Å². The lowest BCUT2D eigenvalue weighted by molar-refractivity contribution is -0.189. The molecular weight excluding hydrogens is 431 g/mol. The van der Waals surface area contributed by atoms with E-state index in [2.05, 4.69) is 10.3 Å². The van der Waals surface area contributed by atoms with Gasteiger partial charge >= 0.3 is 12.1 Å². The maximum Gasteiger partial charge on any atom is 0.471 e. The van der Waals surface area contributed by atoms with E-state index in [4.69, 9.17) is 11.6 Å². The molecule has 1 fully saturated rings. The summed E-state index contributed by atoms with van der Waals surface area (Å²) in [6, 6.07) is 7.43. The molecule has 1 heterocycles. The van der Waals surface area contributed by atoms with Crippen LogP contribution in [-0.2, 0) is 16.1 Å². The van der Waals surface area contributed by atoms with E-state index in [9.17, 15) is 22.8 Å². The predicted octanol–water partition coefficient (Wildman–Crippen LogP) is 4.82. The first-order valence-electron chi connectivity index (χ1n) is 10.1. The largest absolute Gasteiger partial charge is 0.471 e. The van der Waals surface area contributed by atoms with Crippen molar-refractivity contribution in [2.75, 3.05) is 0 Å². The number of hydrogen-bond acceptors (Lipinski definition) is 3. The number of nitrogens with one attached hydrogen (secondary N) is 1. The molecule has 1 N–H and O–H groups in total. The summed E-state index contributed by atoms with van der Waals surface area (Å²) in [6.07, 6.45) is 2.11. The second-order valence-corrected chi connectivity index (χ2v) is 8.02. The van der Waals surface area contributed by atoms with Gasteiger partial charge in [-0.3, -0.25) is 14.6 Å². The van der Waals surface area contributed by atoms with Crippen LogP contribution < -0.4 is 5.32 Å². The van der Waals surface area contributed by atoms with Crippen LogP contribution in [0.3, 0.4) is 0 Å². The summed E-state index contributed by atoms with van der Waals surface area (Å²) in [5.41, 5.74) is 0.682. The maximum atomic E-state index is 13.5. The van der Waals surface area contributed by atoms with Gasteiger partial charge in [0, 0.05) is 30.0 Å². The number of carbonyl (C=O) groups excluding carboxylic acids is 2. The molecule has 1 saturated carbocycles. The molecular formula is C22H23ClF3N3O2. The van der Waals surface area contributed by atoms with Crippen LogP contribution in [-0.4, -0.2) is 33.9 Å². The first kappa shape index (κ1) is 23.1. The molecule has 1 aliphatic carbocycles. The van der Waals surface area contributed by atoms with E-state index in [1.165, 1.54) is 48.8 Å². The fourth-order valence-electron chi connectivity index (χ4n) is 3.78. The normalized spacial score (nSPS) is 15.9. The van der Waals surface area contributed by atoms with Crippen molar-refractivity contribution in [1.82, 2.24) is 15.2 Å². The van der Waals surface area contributed by atoms with Crippen molar-refractivity contribution < 1.29 is 22.8 Å². The van der Waals surface area contributed by atoms with E-state index in [-0.39, 0.29) is 11.6 Å². The summed E-state index contributed by atoms with van der Waals surface area (Å²) in [5, 5.41) is 3.27. The number of benzene rings is 1. The zero-order chi connectivity index (χ0) is 22.4. The molecule has 166 valence electrons. The summed E-state index contributed by atoms with van der Waals surface area (Å²) >= 11 is 5.87. The Morgan fingerprint density at radius 1 is 1.06 bits per heavy atom. The molecule has 3 rings (SSSR count).